The van der Waals surface area contributed by atoms with Crippen LogP contribution in [0, 0.1) is 34.1 Å². The highest BCUT2D eigenvalue weighted by Gasteiger charge is 2.11. The van der Waals surface area contributed by atoms with Crippen molar-refractivity contribution in [3.8, 4) is 5.69 Å². The standard InChI is InChI=1S/C18H16N6O4/c1-12-9-14(10-20-21-18-8-7-17(11-19-18)24(27)28)13(2)22(12)15-3-5-16(6-4-15)23(25)26/h3-11H,1-2H3,(H,19,21). The summed E-state index contributed by atoms with van der Waals surface area (Å²) >= 11 is 0. The summed E-state index contributed by atoms with van der Waals surface area (Å²) in [6.07, 6.45) is 2.77. The number of nitrogens with one attached hydrogen (secondary N) is 1. The zero-order valence-electron chi connectivity index (χ0n) is 15.1. The number of nitro groups is 2. The van der Waals surface area contributed by atoms with Gasteiger partial charge in [0.15, 0.2) is 0 Å². The zero-order valence-corrected chi connectivity index (χ0v) is 15.1. The minimum absolute atomic E-state index is 0.0350. The molecule has 2 heterocycles. The number of hydrogen-bond donors (Lipinski definition) is 1. The number of benzene rings is 1. The molecule has 0 bridgehead atoms. The monoisotopic (exact) mass is 380 g/mol. The van der Waals surface area contributed by atoms with Crippen molar-refractivity contribution in [1.29, 1.82) is 0 Å². The quantitative estimate of drug-likeness (QED) is 0.394. The Hall–Kier alpha value is -4.08. The van der Waals surface area contributed by atoms with Crippen molar-refractivity contribution in [2.45, 2.75) is 13.8 Å². The van der Waals surface area contributed by atoms with E-state index < -0.39 is 9.85 Å². The Bertz CT molecular complexity index is 1050. The summed E-state index contributed by atoms with van der Waals surface area (Å²) in [5, 5.41) is 25.6. The second-order valence-corrected chi connectivity index (χ2v) is 5.96. The molecule has 0 aliphatic rings. The molecule has 10 heteroatoms. The smallest absolute Gasteiger partial charge is 0.287 e. The molecule has 0 atom stereocenters. The molecule has 0 spiro atoms. The minimum atomic E-state index is -0.521. The van der Waals surface area contributed by atoms with Gasteiger partial charge in [-0.2, -0.15) is 5.10 Å². The van der Waals surface area contributed by atoms with Gasteiger partial charge in [-0.3, -0.25) is 25.7 Å². The maximum Gasteiger partial charge on any atom is 0.287 e. The molecule has 0 aliphatic heterocycles. The van der Waals surface area contributed by atoms with E-state index in [9.17, 15) is 20.2 Å². The molecule has 0 radical (unpaired) electrons. The Morgan fingerprint density at radius 1 is 1.04 bits per heavy atom. The first-order valence-electron chi connectivity index (χ1n) is 8.20. The lowest BCUT2D eigenvalue weighted by molar-refractivity contribution is -0.385. The summed E-state index contributed by atoms with van der Waals surface area (Å²) in [5.74, 6) is 0.381. The topological polar surface area (TPSA) is 128 Å². The maximum absolute atomic E-state index is 10.8. The van der Waals surface area contributed by atoms with Crippen LogP contribution in [0.2, 0.25) is 0 Å². The van der Waals surface area contributed by atoms with Crippen molar-refractivity contribution in [2.75, 3.05) is 5.43 Å². The van der Waals surface area contributed by atoms with Crippen LogP contribution in [0.25, 0.3) is 5.69 Å². The molecule has 0 unspecified atom stereocenters. The van der Waals surface area contributed by atoms with Gasteiger partial charge in [0, 0.05) is 40.8 Å². The molecule has 0 amide bonds. The summed E-state index contributed by atoms with van der Waals surface area (Å²) in [6.45, 7) is 3.84. The van der Waals surface area contributed by atoms with Crippen LogP contribution in [-0.4, -0.2) is 25.6 Å². The molecule has 0 saturated carbocycles. The highest BCUT2D eigenvalue weighted by molar-refractivity contribution is 5.82. The lowest BCUT2D eigenvalue weighted by atomic mass is 10.2. The van der Waals surface area contributed by atoms with Crippen molar-refractivity contribution in [3.05, 3.63) is 85.8 Å². The van der Waals surface area contributed by atoms with Gasteiger partial charge >= 0.3 is 0 Å². The van der Waals surface area contributed by atoms with Gasteiger partial charge in [-0.15, -0.1) is 0 Å². The predicted molar refractivity (Wildman–Crippen MR) is 104 cm³/mol. The van der Waals surface area contributed by atoms with Crippen molar-refractivity contribution in [1.82, 2.24) is 9.55 Å². The van der Waals surface area contributed by atoms with Crippen LogP contribution in [0.4, 0.5) is 17.2 Å². The molecule has 142 valence electrons. The fraction of sp³-hybridized carbons (Fsp3) is 0.111. The van der Waals surface area contributed by atoms with Gasteiger partial charge in [0.05, 0.1) is 16.1 Å². The van der Waals surface area contributed by atoms with Crippen LogP contribution in [0.1, 0.15) is 17.0 Å². The Morgan fingerprint density at radius 2 is 1.68 bits per heavy atom. The summed E-state index contributed by atoms with van der Waals surface area (Å²) < 4.78 is 1.97. The second kappa shape index (κ2) is 7.66. The summed E-state index contributed by atoms with van der Waals surface area (Å²) in [4.78, 5) is 24.4. The van der Waals surface area contributed by atoms with Crippen molar-refractivity contribution >= 4 is 23.4 Å². The Kier molecular flexibility index (Phi) is 5.12. The number of aryl methyl sites for hydroxylation is 1. The van der Waals surface area contributed by atoms with Crippen LogP contribution in [0.5, 0.6) is 0 Å². The van der Waals surface area contributed by atoms with E-state index in [1.54, 1.807) is 18.3 Å². The van der Waals surface area contributed by atoms with Crippen molar-refractivity contribution < 1.29 is 9.85 Å². The van der Waals surface area contributed by atoms with Crippen LogP contribution in [0.15, 0.2) is 53.8 Å². The van der Waals surface area contributed by atoms with Crippen LogP contribution in [-0.2, 0) is 0 Å². The summed E-state index contributed by atoms with van der Waals surface area (Å²) in [5.41, 5.74) is 6.18. The average molecular weight is 380 g/mol. The molecule has 1 aromatic carbocycles. The highest BCUT2D eigenvalue weighted by Crippen LogP contribution is 2.22. The molecule has 3 rings (SSSR count). The molecule has 2 aromatic heterocycles. The predicted octanol–water partition coefficient (Wildman–Crippen LogP) is 3.75. The lowest BCUT2D eigenvalue weighted by Crippen LogP contribution is -2.00. The third-order valence-electron chi connectivity index (χ3n) is 4.13. The van der Waals surface area contributed by atoms with Crippen LogP contribution in [0.3, 0.4) is 0 Å². The van der Waals surface area contributed by atoms with Crippen molar-refractivity contribution in [2.24, 2.45) is 5.10 Å². The molecule has 3 aromatic rings. The van der Waals surface area contributed by atoms with Gasteiger partial charge in [0.1, 0.15) is 12.0 Å². The van der Waals surface area contributed by atoms with Gasteiger partial charge in [0.2, 0.25) is 0 Å². The Balaban J connectivity index is 1.78. The second-order valence-electron chi connectivity index (χ2n) is 5.96. The number of pyridine rings is 1. The van der Waals surface area contributed by atoms with Gasteiger partial charge in [-0.05, 0) is 38.1 Å². The van der Waals surface area contributed by atoms with E-state index in [2.05, 4.69) is 15.5 Å². The fourth-order valence-corrected chi connectivity index (χ4v) is 2.77. The maximum atomic E-state index is 10.8. The van der Waals surface area contributed by atoms with E-state index in [1.165, 1.54) is 24.3 Å². The lowest BCUT2D eigenvalue weighted by Gasteiger charge is -2.09. The molecule has 1 N–H and O–H groups in total. The fourth-order valence-electron chi connectivity index (χ4n) is 2.77. The van der Waals surface area contributed by atoms with Crippen molar-refractivity contribution in [3.63, 3.8) is 0 Å². The first kappa shape index (κ1) is 18.7. The summed E-state index contributed by atoms with van der Waals surface area (Å²) in [6, 6.07) is 11.1. The average Bonchev–Trinajstić information content (AvgIpc) is 2.95. The van der Waals surface area contributed by atoms with Gasteiger partial charge in [-0.1, -0.05) is 0 Å². The molecule has 0 fully saturated rings. The number of anilines is 1. The van der Waals surface area contributed by atoms with E-state index in [0.717, 1.165) is 28.8 Å². The van der Waals surface area contributed by atoms with E-state index >= 15 is 0 Å². The van der Waals surface area contributed by atoms with E-state index in [0.29, 0.717) is 5.82 Å². The van der Waals surface area contributed by atoms with Crippen LogP contribution < -0.4 is 5.43 Å². The zero-order chi connectivity index (χ0) is 20.3. The molecule has 0 saturated heterocycles. The number of non-ortho nitro benzene ring substituents is 1. The van der Waals surface area contributed by atoms with Gasteiger partial charge in [0.25, 0.3) is 11.4 Å². The van der Waals surface area contributed by atoms with E-state index in [-0.39, 0.29) is 11.4 Å². The molecule has 10 nitrogen and oxygen atoms in total. The molecular formula is C18H16N6O4. The summed E-state index contributed by atoms with van der Waals surface area (Å²) in [7, 11) is 0. The molecule has 28 heavy (non-hydrogen) atoms. The third kappa shape index (κ3) is 3.85. The van der Waals surface area contributed by atoms with Gasteiger partial charge < -0.3 is 4.57 Å². The minimum Gasteiger partial charge on any atom is -0.318 e. The SMILES string of the molecule is Cc1cc(C=NNc2ccc([N+](=O)[O-])cn2)c(C)n1-c1ccc([N+](=O)[O-])cc1. The molecule has 0 aliphatic carbocycles. The molecular weight excluding hydrogens is 364 g/mol. The number of aromatic nitrogens is 2. The number of nitrogens with zero attached hydrogens (tertiary/aromatic N) is 5. The van der Waals surface area contributed by atoms with E-state index in [4.69, 9.17) is 0 Å². The first-order valence-corrected chi connectivity index (χ1v) is 8.20. The van der Waals surface area contributed by atoms with Crippen LogP contribution >= 0.6 is 0 Å². The third-order valence-corrected chi connectivity index (χ3v) is 4.13. The first-order chi connectivity index (χ1) is 13.4. The largest absolute Gasteiger partial charge is 0.318 e. The number of hydrazone groups is 1. The number of hydrogen-bond acceptors (Lipinski definition) is 7. The van der Waals surface area contributed by atoms with E-state index in [1.807, 2.05) is 24.5 Å². The Labute approximate surface area is 159 Å². The van der Waals surface area contributed by atoms with Gasteiger partial charge in [-0.25, -0.2) is 4.98 Å². The highest BCUT2D eigenvalue weighted by atomic mass is 16.6. The number of nitro benzene ring substituents is 1. The normalized spacial score (nSPS) is 10.9. The number of rotatable bonds is 6. The Morgan fingerprint density at radius 3 is 2.25 bits per heavy atom.